The van der Waals surface area contributed by atoms with E-state index in [9.17, 15) is 18.0 Å². The second-order valence-electron chi connectivity index (χ2n) is 5.11. The van der Waals surface area contributed by atoms with Crippen LogP contribution in [0.2, 0.25) is 0 Å². The monoisotopic (exact) mass is 357 g/mol. The van der Waals surface area contributed by atoms with Gasteiger partial charge in [-0.05, 0) is 31.5 Å². The Bertz CT molecular complexity index is 690. The molecular weight excluding hydrogens is 334 g/mol. The number of amides is 2. The Balaban J connectivity index is 2.90. The Morgan fingerprint density at radius 2 is 2.00 bits per heavy atom. The lowest BCUT2D eigenvalue weighted by Gasteiger charge is -2.16. The smallest absolute Gasteiger partial charge is 0.264 e. The summed E-state index contributed by atoms with van der Waals surface area (Å²) < 4.78 is 25.1. The molecule has 0 unspecified atom stereocenters. The quantitative estimate of drug-likeness (QED) is 0.660. The van der Waals surface area contributed by atoms with Gasteiger partial charge in [0.15, 0.2) is 0 Å². The first-order valence-electron chi connectivity index (χ1n) is 7.45. The molecule has 0 aliphatic rings. The van der Waals surface area contributed by atoms with Crippen molar-refractivity contribution < 1.29 is 22.8 Å². The zero-order valence-electron chi connectivity index (χ0n) is 14.2. The van der Waals surface area contributed by atoms with Crippen LogP contribution >= 0.6 is 0 Å². The van der Waals surface area contributed by atoms with Crippen LogP contribution in [0.3, 0.4) is 0 Å². The van der Waals surface area contributed by atoms with E-state index in [-0.39, 0.29) is 16.4 Å². The molecule has 0 aliphatic carbocycles. The highest BCUT2D eigenvalue weighted by Gasteiger charge is 2.22. The van der Waals surface area contributed by atoms with Gasteiger partial charge >= 0.3 is 0 Å². The summed E-state index contributed by atoms with van der Waals surface area (Å²) in [5, 5.41) is 5.21. The number of carbonyl (C=O) groups is 2. The fourth-order valence-electron chi connectivity index (χ4n) is 1.79. The van der Waals surface area contributed by atoms with Crippen LogP contribution in [0.25, 0.3) is 0 Å². The third-order valence-electron chi connectivity index (χ3n) is 3.28. The third kappa shape index (κ3) is 5.02. The summed E-state index contributed by atoms with van der Waals surface area (Å²) in [4.78, 5) is 28.6. The normalized spacial score (nSPS) is 12.7. The highest BCUT2D eigenvalue weighted by Crippen LogP contribution is 2.16. The van der Waals surface area contributed by atoms with E-state index in [4.69, 9.17) is 4.84 Å². The summed E-state index contributed by atoms with van der Waals surface area (Å²) in [6.07, 6.45) is 0.791. The van der Waals surface area contributed by atoms with Crippen LogP contribution in [0.4, 0.5) is 0 Å². The van der Waals surface area contributed by atoms with Gasteiger partial charge in [0.1, 0.15) is 6.04 Å². The predicted molar refractivity (Wildman–Crippen MR) is 88.6 cm³/mol. The van der Waals surface area contributed by atoms with Crippen molar-refractivity contribution in [3.8, 4) is 0 Å². The Hall–Kier alpha value is -1.97. The minimum Gasteiger partial charge on any atom is -0.354 e. The molecule has 8 nitrogen and oxygen atoms in total. The molecule has 0 radical (unpaired) electrons. The van der Waals surface area contributed by atoms with Crippen LogP contribution in [-0.2, 0) is 19.7 Å². The summed E-state index contributed by atoms with van der Waals surface area (Å²) in [7, 11) is -1.37. The Labute approximate surface area is 142 Å². The molecule has 0 bridgehead atoms. The van der Waals surface area contributed by atoms with E-state index >= 15 is 0 Å². The molecule has 0 saturated heterocycles. The summed E-state index contributed by atoms with van der Waals surface area (Å²) in [6.45, 7) is 4.00. The fourth-order valence-corrected chi connectivity index (χ4v) is 2.81. The van der Waals surface area contributed by atoms with Gasteiger partial charge in [-0.3, -0.25) is 14.4 Å². The molecule has 0 spiro atoms. The molecule has 2 N–H and O–H groups in total. The second kappa shape index (κ2) is 8.76. The third-order valence-corrected chi connectivity index (χ3v) is 4.96. The Morgan fingerprint density at radius 3 is 2.58 bits per heavy atom. The summed E-state index contributed by atoms with van der Waals surface area (Å²) in [5.41, 5.74) is 0.135. The van der Waals surface area contributed by atoms with Crippen molar-refractivity contribution in [2.45, 2.75) is 31.2 Å². The average Bonchev–Trinajstić information content (AvgIpc) is 2.58. The number of carbonyl (C=O) groups excluding carboxylic acids is 2. The standard InChI is InChI=1S/C15H23N3O5S/c1-5-9-16-14(19)11(2)17-15(20)12-7-6-8-13(10-12)24(21,22)18(3)23-4/h6-8,10-11H,5,9H2,1-4H3,(H,16,19)(H,17,20)/t11-/m1/s1. The molecule has 0 heterocycles. The zero-order valence-corrected chi connectivity index (χ0v) is 15.0. The molecule has 0 fully saturated rings. The van der Waals surface area contributed by atoms with E-state index in [2.05, 4.69) is 10.6 Å². The number of nitrogens with zero attached hydrogens (tertiary/aromatic N) is 1. The maximum Gasteiger partial charge on any atom is 0.264 e. The highest BCUT2D eigenvalue weighted by atomic mass is 32.2. The van der Waals surface area contributed by atoms with Crippen LogP contribution in [0, 0.1) is 0 Å². The molecule has 1 aromatic carbocycles. The number of hydroxylamine groups is 1. The maximum atomic E-state index is 12.2. The summed E-state index contributed by atoms with van der Waals surface area (Å²) in [6, 6.07) is 4.78. The van der Waals surface area contributed by atoms with Gasteiger partial charge < -0.3 is 10.6 Å². The number of nitrogens with one attached hydrogen (secondary N) is 2. The van der Waals surface area contributed by atoms with Gasteiger partial charge in [-0.1, -0.05) is 17.5 Å². The van der Waals surface area contributed by atoms with Crippen LogP contribution in [0.1, 0.15) is 30.6 Å². The number of hydrogen-bond donors (Lipinski definition) is 2. The predicted octanol–water partition coefficient (Wildman–Crippen LogP) is 0.513. The minimum absolute atomic E-state index is 0.0809. The minimum atomic E-state index is -3.85. The van der Waals surface area contributed by atoms with Crippen LogP contribution in [-0.4, -0.2) is 51.4 Å². The Kier molecular flexibility index (Phi) is 7.33. The number of sulfonamides is 1. The first kappa shape index (κ1) is 20.1. The number of hydrogen-bond acceptors (Lipinski definition) is 5. The molecule has 9 heteroatoms. The first-order chi connectivity index (χ1) is 11.2. The van der Waals surface area contributed by atoms with Crippen molar-refractivity contribution in [1.82, 2.24) is 15.1 Å². The molecule has 1 aromatic rings. The largest absolute Gasteiger partial charge is 0.354 e. The molecule has 1 rings (SSSR count). The van der Waals surface area contributed by atoms with Gasteiger partial charge in [0.05, 0.1) is 12.0 Å². The molecule has 0 aliphatic heterocycles. The molecule has 134 valence electrons. The topological polar surface area (TPSA) is 105 Å². The zero-order chi connectivity index (χ0) is 18.3. The van der Waals surface area contributed by atoms with E-state index < -0.39 is 22.0 Å². The average molecular weight is 357 g/mol. The van der Waals surface area contributed by atoms with E-state index in [1.807, 2.05) is 6.92 Å². The lowest BCUT2D eigenvalue weighted by molar-refractivity contribution is -0.122. The molecule has 0 saturated carbocycles. The molecule has 2 amide bonds. The maximum absolute atomic E-state index is 12.2. The highest BCUT2D eigenvalue weighted by molar-refractivity contribution is 7.89. The van der Waals surface area contributed by atoms with E-state index in [0.717, 1.165) is 6.42 Å². The van der Waals surface area contributed by atoms with Gasteiger partial charge in [-0.2, -0.15) is 0 Å². The first-order valence-corrected chi connectivity index (χ1v) is 8.89. The SMILES string of the molecule is CCCNC(=O)[C@@H](C)NC(=O)c1cccc(S(=O)(=O)N(C)OC)c1. The molecule has 24 heavy (non-hydrogen) atoms. The van der Waals surface area contributed by atoms with Crippen LogP contribution in [0.15, 0.2) is 29.2 Å². The van der Waals surface area contributed by atoms with Crippen molar-refractivity contribution in [3.63, 3.8) is 0 Å². The fraction of sp³-hybridized carbons (Fsp3) is 0.467. The molecule has 0 aromatic heterocycles. The van der Waals surface area contributed by atoms with Crippen LogP contribution in [0.5, 0.6) is 0 Å². The van der Waals surface area contributed by atoms with Gasteiger partial charge in [-0.15, -0.1) is 0 Å². The van der Waals surface area contributed by atoms with E-state index in [1.54, 1.807) is 6.92 Å². The van der Waals surface area contributed by atoms with E-state index in [1.165, 1.54) is 38.4 Å². The molecular formula is C15H23N3O5S. The van der Waals surface area contributed by atoms with Crippen molar-refractivity contribution in [2.24, 2.45) is 0 Å². The van der Waals surface area contributed by atoms with Crippen molar-refractivity contribution in [2.75, 3.05) is 20.7 Å². The van der Waals surface area contributed by atoms with Gasteiger partial charge in [0, 0.05) is 19.2 Å². The van der Waals surface area contributed by atoms with Gasteiger partial charge in [-0.25, -0.2) is 8.42 Å². The van der Waals surface area contributed by atoms with Gasteiger partial charge in [0.2, 0.25) is 5.91 Å². The van der Waals surface area contributed by atoms with Crippen molar-refractivity contribution in [1.29, 1.82) is 0 Å². The van der Waals surface area contributed by atoms with E-state index in [0.29, 0.717) is 11.0 Å². The Morgan fingerprint density at radius 1 is 1.33 bits per heavy atom. The second-order valence-corrected chi connectivity index (χ2v) is 7.05. The lowest BCUT2D eigenvalue weighted by Crippen LogP contribution is -2.45. The summed E-state index contributed by atoms with van der Waals surface area (Å²) in [5.74, 6) is -0.834. The lowest BCUT2D eigenvalue weighted by atomic mass is 10.2. The van der Waals surface area contributed by atoms with Crippen molar-refractivity contribution >= 4 is 21.8 Å². The summed E-state index contributed by atoms with van der Waals surface area (Å²) >= 11 is 0. The number of rotatable bonds is 8. The van der Waals surface area contributed by atoms with Gasteiger partial charge in [0.25, 0.3) is 15.9 Å². The number of benzene rings is 1. The van der Waals surface area contributed by atoms with Crippen LogP contribution < -0.4 is 10.6 Å². The van der Waals surface area contributed by atoms with Crippen molar-refractivity contribution in [3.05, 3.63) is 29.8 Å². The molecule has 1 atom stereocenters.